The van der Waals surface area contributed by atoms with E-state index in [0.29, 0.717) is 18.3 Å². The van der Waals surface area contributed by atoms with Crippen molar-refractivity contribution in [2.45, 2.75) is 71.1 Å². The third kappa shape index (κ3) is 4.71. The van der Waals surface area contributed by atoms with Gasteiger partial charge < -0.3 is 9.80 Å². The molecular formula is C21H35N5O. The molecule has 6 heteroatoms. The standard InChI is InChI=1S/C21H35N5O/c1-17-22-19(24-23-17)8-9-20(27)26-13-11-21(16-26)10-5-12-25(15-21)14-18-6-3-2-4-7-18/h18H,2-16H2,1H3,(H,22,23,24)/t21-/m0/s1. The number of hydrogen-bond acceptors (Lipinski definition) is 4. The van der Waals surface area contributed by atoms with E-state index in [0.717, 1.165) is 30.7 Å². The van der Waals surface area contributed by atoms with Crippen molar-refractivity contribution in [3.8, 4) is 0 Å². The number of amides is 1. The van der Waals surface area contributed by atoms with Crippen LogP contribution in [0.3, 0.4) is 0 Å². The van der Waals surface area contributed by atoms with Crippen LogP contribution < -0.4 is 0 Å². The number of rotatable bonds is 5. The summed E-state index contributed by atoms with van der Waals surface area (Å²) in [5.41, 5.74) is 0.351. The average Bonchev–Trinajstić information content (AvgIpc) is 3.27. The quantitative estimate of drug-likeness (QED) is 0.862. The van der Waals surface area contributed by atoms with Crippen LogP contribution in [0.15, 0.2) is 0 Å². The Balaban J connectivity index is 1.27. The third-order valence-corrected chi connectivity index (χ3v) is 6.98. The molecule has 1 amide bonds. The summed E-state index contributed by atoms with van der Waals surface area (Å²) in [5, 5.41) is 7.00. The van der Waals surface area contributed by atoms with Gasteiger partial charge in [0.2, 0.25) is 5.91 Å². The van der Waals surface area contributed by atoms with Crippen molar-refractivity contribution in [2.75, 3.05) is 32.7 Å². The maximum absolute atomic E-state index is 12.7. The van der Waals surface area contributed by atoms with Gasteiger partial charge in [-0.2, -0.15) is 5.10 Å². The number of aromatic amines is 1. The van der Waals surface area contributed by atoms with Crippen LogP contribution >= 0.6 is 0 Å². The van der Waals surface area contributed by atoms with Crippen LogP contribution in [0.2, 0.25) is 0 Å². The zero-order chi connectivity index (χ0) is 18.7. The second-order valence-electron chi connectivity index (χ2n) is 9.25. The molecule has 2 saturated heterocycles. The smallest absolute Gasteiger partial charge is 0.223 e. The van der Waals surface area contributed by atoms with Crippen molar-refractivity contribution in [1.82, 2.24) is 25.0 Å². The normalized spacial score (nSPS) is 27.5. The Hall–Kier alpha value is -1.43. The van der Waals surface area contributed by atoms with Gasteiger partial charge in [0.1, 0.15) is 5.82 Å². The van der Waals surface area contributed by atoms with E-state index in [1.54, 1.807) is 0 Å². The minimum atomic E-state index is 0.277. The summed E-state index contributed by atoms with van der Waals surface area (Å²) >= 11 is 0. The number of hydrogen-bond donors (Lipinski definition) is 1. The number of nitrogens with one attached hydrogen (secondary N) is 1. The van der Waals surface area contributed by atoms with Crippen LogP contribution in [0.25, 0.3) is 0 Å². The third-order valence-electron chi connectivity index (χ3n) is 6.98. The Morgan fingerprint density at radius 2 is 2.00 bits per heavy atom. The Morgan fingerprint density at radius 3 is 2.78 bits per heavy atom. The first-order valence-electron chi connectivity index (χ1n) is 11.0. The number of aromatic nitrogens is 3. The predicted octanol–water partition coefficient (Wildman–Crippen LogP) is 2.94. The summed E-state index contributed by atoms with van der Waals surface area (Å²) in [7, 11) is 0. The van der Waals surface area contributed by atoms with Gasteiger partial charge in [-0.15, -0.1) is 0 Å². The van der Waals surface area contributed by atoms with E-state index in [4.69, 9.17) is 0 Å². The van der Waals surface area contributed by atoms with Gasteiger partial charge in [0, 0.05) is 44.4 Å². The number of nitrogens with zero attached hydrogens (tertiary/aromatic N) is 4. The first-order valence-corrected chi connectivity index (χ1v) is 11.0. The molecule has 1 saturated carbocycles. The molecule has 3 heterocycles. The van der Waals surface area contributed by atoms with E-state index in [1.165, 1.54) is 71.0 Å². The molecule has 0 radical (unpaired) electrons. The number of piperidine rings is 1. The van der Waals surface area contributed by atoms with Gasteiger partial charge in [-0.3, -0.25) is 9.89 Å². The first-order chi connectivity index (χ1) is 13.1. The highest BCUT2D eigenvalue weighted by Crippen LogP contribution is 2.40. The molecule has 27 heavy (non-hydrogen) atoms. The summed E-state index contributed by atoms with van der Waals surface area (Å²) in [4.78, 5) is 21.9. The van der Waals surface area contributed by atoms with Crippen molar-refractivity contribution in [2.24, 2.45) is 11.3 Å². The largest absolute Gasteiger partial charge is 0.342 e. The fourth-order valence-corrected chi connectivity index (χ4v) is 5.56. The Bertz CT molecular complexity index is 638. The van der Waals surface area contributed by atoms with Crippen LogP contribution in [0.5, 0.6) is 0 Å². The molecule has 1 aromatic rings. The minimum Gasteiger partial charge on any atom is -0.342 e. The van der Waals surface area contributed by atoms with E-state index in [1.807, 2.05) is 6.92 Å². The molecule has 150 valence electrons. The lowest BCUT2D eigenvalue weighted by atomic mass is 9.78. The SMILES string of the molecule is Cc1nc(CCC(=O)N2CC[C@]3(CCCN(CC4CCCCC4)C3)C2)n[nH]1. The molecular weight excluding hydrogens is 338 g/mol. The van der Waals surface area contributed by atoms with Crippen molar-refractivity contribution >= 4 is 5.91 Å². The topological polar surface area (TPSA) is 65.1 Å². The molecule has 1 atom stereocenters. The molecule has 6 nitrogen and oxygen atoms in total. The highest BCUT2D eigenvalue weighted by molar-refractivity contribution is 5.76. The Morgan fingerprint density at radius 1 is 1.15 bits per heavy atom. The van der Waals surface area contributed by atoms with Crippen molar-refractivity contribution in [1.29, 1.82) is 0 Å². The molecule has 1 aliphatic carbocycles. The predicted molar refractivity (Wildman–Crippen MR) is 105 cm³/mol. The molecule has 0 unspecified atom stereocenters. The maximum Gasteiger partial charge on any atom is 0.223 e. The first kappa shape index (κ1) is 18.9. The van der Waals surface area contributed by atoms with Crippen LogP contribution in [0.4, 0.5) is 0 Å². The van der Waals surface area contributed by atoms with Gasteiger partial charge in [0.25, 0.3) is 0 Å². The van der Waals surface area contributed by atoms with Gasteiger partial charge in [-0.25, -0.2) is 4.98 Å². The van der Waals surface area contributed by atoms with Crippen LogP contribution in [0, 0.1) is 18.3 Å². The van der Waals surface area contributed by atoms with Crippen molar-refractivity contribution in [3.63, 3.8) is 0 Å². The highest BCUT2D eigenvalue weighted by atomic mass is 16.2. The highest BCUT2D eigenvalue weighted by Gasteiger charge is 2.42. The number of carbonyl (C=O) groups is 1. The van der Waals surface area contributed by atoms with Crippen molar-refractivity contribution in [3.05, 3.63) is 11.6 Å². The number of likely N-dealkylation sites (tertiary alicyclic amines) is 2. The molecule has 0 aromatic carbocycles. The van der Waals surface area contributed by atoms with E-state index in [-0.39, 0.29) is 5.91 Å². The maximum atomic E-state index is 12.7. The van der Waals surface area contributed by atoms with E-state index < -0.39 is 0 Å². The van der Waals surface area contributed by atoms with Gasteiger partial charge in [0.05, 0.1) is 0 Å². The average molecular weight is 374 g/mol. The second kappa shape index (κ2) is 8.29. The van der Waals surface area contributed by atoms with E-state index in [2.05, 4.69) is 25.0 Å². The van der Waals surface area contributed by atoms with Crippen LogP contribution in [-0.4, -0.2) is 63.6 Å². The van der Waals surface area contributed by atoms with Gasteiger partial charge >= 0.3 is 0 Å². The summed E-state index contributed by atoms with van der Waals surface area (Å²) in [6.07, 6.45) is 12.1. The van der Waals surface area contributed by atoms with Crippen LogP contribution in [-0.2, 0) is 11.2 Å². The van der Waals surface area contributed by atoms with Gasteiger partial charge in [0.15, 0.2) is 5.82 Å². The molecule has 2 aliphatic heterocycles. The minimum absolute atomic E-state index is 0.277. The molecule has 1 N–H and O–H groups in total. The molecule has 3 aliphatic rings. The van der Waals surface area contributed by atoms with Gasteiger partial charge in [-0.05, 0) is 51.5 Å². The Kier molecular flexibility index (Phi) is 5.81. The van der Waals surface area contributed by atoms with E-state index >= 15 is 0 Å². The molecule has 4 rings (SSSR count). The lowest BCUT2D eigenvalue weighted by Gasteiger charge is -2.42. The van der Waals surface area contributed by atoms with Crippen molar-refractivity contribution < 1.29 is 4.79 Å². The van der Waals surface area contributed by atoms with Crippen LogP contribution in [0.1, 0.15) is 69.4 Å². The van der Waals surface area contributed by atoms with Gasteiger partial charge in [-0.1, -0.05) is 19.3 Å². The number of H-pyrrole nitrogens is 1. The fourth-order valence-electron chi connectivity index (χ4n) is 5.56. The second-order valence-corrected chi connectivity index (χ2v) is 9.25. The summed E-state index contributed by atoms with van der Waals surface area (Å²) in [6.45, 7) is 7.54. The summed E-state index contributed by atoms with van der Waals surface area (Å²) in [6, 6.07) is 0. The lowest BCUT2D eigenvalue weighted by molar-refractivity contribution is -0.130. The molecule has 1 aromatic heterocycles. The monoisotopic (exact) mass is 373 g/mol. The molecule has 0 bridgehead atoms. The number of aryl methyl sites for hydroxylation is 2. The molecule has 1 spiro atoms. The Labute approximate surface area is 163 Å². The zero-order valence-electron chi connectivity index (χ0n) is 16.9. The molecule has 3 fully saturated rings. The fraction of sp³-hybridized carbons (Fsp3) is 0.857. The summed E-state index contributed by atoms with van der Waals surface area (Å²) in [5.74, 6) is 2.76. The van der Waals surface area contributed by atoms with E-state index in [9.17, 15) is 4.79 Å². The lowest BCUT2D eigenvalue weighted by Crippen LogP contribution is -2.47. The number of carbonyl (C=O) groups excluding carboxylic acids is 1. The summed E-state index contributed by atoms with van der Waals surface area (Å²) < 4.78 is 0. The zero-order valence-corrected chi connectivity index (χ0v) is 16.9.